The molecule has 0 unspecified atom stereocenters. The second-order valence-corrected chi connectivity index (χ2v) is 2.81. The molecule has 5 heteroatoms. The lowest BCUT2D eigenvalue weighted by Gasteiger charge is -1.89. The summed E-state index contributed by atoms with van der Waals surface area (Å²) < 4.78 is 1.51. The summed E-state index contributed by atoms with van der Waals surface area (Å²) in [6.45, 7) is 1.89. The van der Waals surface area contributed by atoms with Crippen LogP contribution >= 0.6 is 0 Å². The maximum atomic E-state index is 10.7. The van der Waals surface area contributed by atoms with E-state index in [1.807, 2.05) is 13.0 Å². The summed E-state index contributed by atoms with van der Waals surface area (Å²) in [7, 11) is 0. The summed E-state index contributed by atoms with van der Waals surface area (Å²) in [6, 6.07) is 3.67. The summed E-state index contributed by atoms with van der Waals surface area (Å²) in [5.74, 6) is -1.04. The molecule has 0 radical (unpaired) electrons. The molecule has 0 fully saturated rings. The standard InChI is InChI=1S/C8H7N3O2/c1-5-2-3-6-9-10-7(8(12)13)11(6)4-5/h2-4H,1H3,(H,12,13)/p+1. The van der Waals surface area contributed by atoms with Crippen molar-refractivity contribution >= 4 is 11.6 Å². The van der Waals surface area contributed by atoms with E-state index < -0.39 is 5.97 Å². The van der Waals surface area contributed by atoms with Crippen molar-refractivity contribution in [1.29, 1.82) is 0 Å². The lowest BCUT2D eigenvalue weighted by atomic mass is 10.3. The van der Waals surface area contributed by atoms with Crippen LogP contribution in [0.15, 0.2) is 18.3 Å². The van der Waals surface area contributed by atoms with E-state index in [4.69, 9.17) is 5.11 Å². The van der Waals surface area contributed by atoms with Gasteiger partial charge < -0.3 is 5.11 Å². The van der Waals surface area contributed by atoms with Crippen LogP contribution in [0.4, 0.5) is 0 Å². The minimum Gasteiger partial charge on any atom is -0.473 e. The first kappa shape index (κ1) is 7.72. The van der Waals surface area contributed by atoms with Gasteiger partial charge in [-0.3, -0.25) is 0 Å². The van der Waals surface area contributed by atoms with E-state index in [2.05, 4.69) is 10.2 Å². The van der Waals surface area contributed by atoms with Crippen molar-refractivity contribution in [2.75, 3.05) is 0 Å². The number of carboxylic acids is 1. The minimum absolute atomic E-state index is 0.00120. The van der Waals surface area contributed by atoms with Crippen LogP contribution in [-0.4, -0.2) is 21.3 Å². The molecule has 0 spiro atoms. The van der Waals surface area contributed by atoms with Crippen molar-refractivity contribution < 1.29 is 14.3 Å². The van der Waals surface area contributed by atoms with Crippen molar-refractivity contribution in [3.05, 3.63) is 29.7 Å². The number of carbonyl (C=O) groups is 1. The monoisotopic (exact) mass is 178 g/mol. The highest BCUT2D eigenvalue weighted by molar-refractivity contribution is 5.81. The van der Waals surface area contributed by atoms with Crippen molar-refractivity contribution in [3.8, 4) is 0 Å². The van der Waals surface area contributed by atoms with E-state index in [1.165, 1.54) is 4.40 Å². The molecule has 0 saturated carbocycles. The van der Waals surface area contributed by atoms with Gasteiger partial charge in [0.2, 0.25) is 0 Å². The molecule has 66 valence electrons. The van der Waals surface area contributed by atoms with E-state index in [0.29, 0.717) is 5.65 Å². The molecule has 2 heterocycles. The Morgan fingerprint density at radius 1 is 1.62 bits per heavy atom. The lowest BCUT2D eigenvalue weighted by Crippen LogP contribution is -2.28. The molecule has 0 aliphatic rings. The molecule has 0 amide bonds. The van der Waals surface area contributed by atoms with Crippen molar-refractivity contribution in [2.24, 2.45) is 0 Å². The van der Waals surface area contributed by atoms with Crippen LogP contribution in [0.25, 0.3) is 5.65 Å². The average Bonchev–Trinajstić information content (AvgIpc) is 2.46. The van der Waals surface area contributed by atoms with E-state index in [0.717, 1.165) is 5.56 Å². The topological polar surface area (TPSA) is 70.1 Å². The van der Waals surface area contributed by atoms with Gasteiger partial charge in [0.05, 0.1) is 11.3 Å². The van der Waals surface area contributed by atoms with E-state index >= 15 is 0 Å². The molecule has 2 aromatic heterocycles. The first-order chi connectivity index (χ1) is 6.18. The second-order valence-electron chi connectivity index (χ2n) is 2.81. The zero-order valence-corrected chi connectivity index (χ0v) is 6.98. The smallest absolute Gasteiger partial charge is 0.410 e. The Hall–Kier alpha value is -1.91. The SMILES string of the molecule is Cc1ccc2[nH]nc(C(=O)O)[n+]2c1. The van der Waals surface area contributed by atoms with Gasteiger partial charge in [0.15, 0.2) is 0 Å². The Labute approximate surface area is 73.6 Å². The Kier molecular flexibility index (Phi) is 1.51. The molecule has 0 aliphatic heterocycles. The first-order valence-electron chi connectivity index (χ1n) is 3.78. The Balaban J connectivity index is 2.79. The van der Waals surface area contributed by atoms with Crippen LogP contribution in [0.1, 0.15) is 16.2 Å². The third-order valence-corrected chi connectivity index (χ3v) is 1.79. The number of H-pyrrole nitrogens is 1. The minimum atomic E-state index is -1.04. The van der Waals surface area contributed by atoms with Gasteiger partial charge in [-0.2, -0.15) is 4.40 Å². The highest BCUT2D eigenvalue weighted by Crippen LogP contribution is 1.97. The van der Waals surface area contributed by atoms with Crippen LogP contribution < -0.4 is 4.40 Å². The number of aromatic nitrogens is 3. The van der Waals surface area contributed by atoms with E-state index in [-0.39, 0.29) is 5.82 Å². The maximum Gasteiger partial charge on any atom is 0.410 e. The van der Waals surface area contributed by atoms with Gasteiger partial charge in [0.1, 0.15) is 0 Å². The van der Waals surface area contributed by atoms with Gasteiger partial charge in [-0.1, -0.05) is 0 Å². The van der Waals surface area contributed by atoms with Crippen LogP contribution in [0.5, 0.6) is 0 Å². The number of pyridine rings is 1. The van der Waals surface area contributed by atoms with Gasteiger partial charge in [0.25, 0.3) is 5.65 Å². The third kappa shape index (κ3) is 1.14. The van der Waals surface area contributed by atoms with Crippen molar-refractivity contribution in [3.63, 3.8) is 0 Å². The average molecular weight is 178 g/mol. The quantitative estimate of drug-likeness (QED) is 0.611. The van der Waals surface area contributed by atoms with Gasteiger partial charge >= 0.3 is 11.8 Å². The second kappa shape index (κ2) is 2.55. The molecule has 2 N–H and O–H groups in total. The van der Waals surface area contributed by atoms with Gasteiger partial charge in [-0.15, -0.1) is 5.10 Å². The summed E-state index contributed by atoms with van der Waals surface area (Å²) in [5, 5.41) is 15.1. The lowest BCUT2D eigenvalue weighted by molar-refractivity contribution is -0.516. The first-order valence-corrected chi connectivity index (χ1v) is 3.78. The molecule has 0 aliphatic carbocycles. The van der Waals surface area contributed by atoms with E-state index in [1.54, 1.807) is 12.3 Å². The molecule has 2 rings (SSSR count). The van der Waals surface area contributed by atoms with E-state index in [9.17, 15) is 4.79 Å². The highest BCUT2D eigenvalue weighted by atomic mass is 16.4. The molecule has 2 aromatic rings. The molecule has 0 bridgehead atoms. The molecule has 13 heavy (non-hydrogen) atoms. The van der Waals surface area contributed by atoms with Crippen LogP contribution in [0.2, 0.25) is 0 Å². The number of nitrogens with zero attached hydrogens (tertiary/aromatic N) is 2. The summed E-state index contributed by atoms with van der Waals surface area (Å²) in [6.07, 6.45) is 1.72. The molecule has 5 nitrogen and oxygen atoms in total. The van der Waals surface area contributed by atoms with Gasteiger partial charge in [-0.25, -0.2) is 4.79 Å². The number of aryl methyl sites for hydroxylation is 1. The number of hydrogen-bond acceptors (Lipinski definition) is 2. The van der Waals surface area contributed by atoms with Crippen LogP contribution in [0.3, 0.4) is 0 Å². The number of nitrogens with one attached hydrogen (secondary N) is 1. The predicted molar refractivity (Wildman–Crippen MR) is 43.4 cm³/mol. The molecular weight excluding hydrogens is 170 g/mol. The summed E-state index contributed by atoms with van der Waals surface area (Å²) in [5.41, 5.74) is 1.66. The van der Waals surface area contributed by atoms with Crippen LogP contribution in [0, 0.1) is 6.92 Å². The maximum absolute atomic E-state index is 10.7. The largest absolute Gasteiger partial charge is 0.473 e. The van der Waals surface area contributed by atoms with Gasteiger partial charge in [-0.05, 0) is 18.6 Å². The number of fused-ring (bicyclic) bond motifs is 1. The fourth-order valence-electron chi connectivity index (χ4n) is 1.19. The normalized spacial score (nSPS) is 10.5. The van der Waals surface area contributed by atoms with Crippen molar-refractivity contribution in [2.45, 2.75) is 6.92 Å². The van der Waals surface area contributed by atoms with Crippen molar-refractivity contribution in [1.82, 2.24) is 10.2 Å². The Morgan fingerprint density at radius 2 is 2.38 bits per heavy atom. The molecule has 0 saturated heterocycles. The predicted octanol–water partition coefficient (Wildman–Crippen LogP) is 0.155. The fourth-order valence-corrected chi connectivity index (χ4v) is 1.19. The molecular formula is C8H8N3O2+. The Bertz CT molecular complexity index is 475. The van der Waals surface area contributed by atoms with Gasteiger partial charge in [0, 0.05) is 6.07 Å². The highest BCUT2D eigenvalue weighted by Gasteiger charge is 2.20. The number of aromatic carboxylic acids is 1. The zero-order chi connectivity index (χ0) is 9.42. The summed E-state index contributed by atoms with van der Waals surface area (Å²) >= 11 is 0. The zero-order valence-electron chi connectivity index (χ0n) is 6.98. The summed E-state index contributed by atoms with van der Waals surface area (Å²) in [4.78, 5) is 10.7. The van der Waals surface area contributed by atoms with Crippen LogP contribution in [-0.2, 0) is 0 Å². The number of rotatable bonds is 1. The molecule has 0 aromatic carbocycles. The fraction of sp³-hybridized carbons (Fsp3) is 0.125. The third-order valence-electron chi connectivity index (χ3n) is 1.79. The number of carboxylic acid groups (broad SMARTS) is 1. The Morgan fingerprint density at radius 3 is 3.08 bits per heavy atom. The number of aromatic amines is 1. The molecule has 0 atom stereocenters. The number of hydrogen-bond donors (Lipinski definition) is 2.